The fourth-order valence-electron chi connectivity index (χ4n) is 2.55. The average Bonchev–Trinajstić information content (AvgIpc) is 2.69. The van der Waals surface area contributed by atoms with Crippen LogP contribution in [0.5, 0.6) is 0 Å². The Morgan fingerprint density at radius 2 is 1.56 bits per heavy atom. The van der Waals surface area contributed by atoms with E-state index >= 15 is 0 Å². The van der Waals surface area contributed by atoms with Crippen molar-refractivity contribution < 1.29 is 0 Å². The van der Waals surface area contributed by atoms with Gasteiger partial charge in [0, 0.05) is 16.7 Å². The lowest BCUT2D eigenvalue weighted by molar-refractivity contribution is 1.37. The topological polar surface area (TPSA) is 12.0 Å². The minimum absolute atomic E-state index is 1.28. The lowest BCUT2D eigenvalue weighted by atomic mass is 9.98. The first-order valence-electron chi connectivity index (χ1n) is 5.97. The van der Waals surface area contributed by atoms with Crippen LogP contribution in [0.2, 0.25) is 0 Å². The number of nitrogens with one attached hydrogen (secondary N) is 1. The summed E-state index contributed by atoms with van der Waals surface area (Å²) in [5, 5.41) is 0. The maximum Gasteiger partial charge on any atom is 0.0363 e. The Kier molecular flexibility index (Phi) is 2.11. The molecule has 4 rings (SSSR count). The van der Waals surface area contributed by atoms with Crippen LogP contribution in [0.3, 0.4) is 0 Å². The monoisotopic (exact) mass is 249 g/mol. The van der Waals surface area contributed by atoms with Gasteiger partial charge in [0.2, 0.25) is 0 Å². The molecule has 2 aromatic carbocycles. The van der Waals surface area contributed by atoms with E-state index in [1.807, 2.05) is 0 Å². The molecule has 2 aliphatic rings. The Bertz CT molecular complexity index is 698. The van der Waals surface area contributed by atoms with Gasteiger partial charge in [-0.25, -0.2) is 0 Å². The highest BCUT2D eigenvalue weighted by atomic mass is 32.2. The van der Waals surface area contributed by atoms with Gasteiger partial charge in [-0.2, -0.15) is 0 Å². The Morgan fingerprint density at radius 3 is 2.50 bits per heavy atom. The first kappa shape index (κ1) is 10.0. The summed E-state index contributed by atoms with van der Waals surface area (Å²) >= 11 is 1.67. The Balaban J connectivity index is 1.99. The van der Waals surface area contributed by atoms with Crippen LogP contribution in [-0.4, -0.2) is 0 Å². The van der Waals surface area contributed by atoms with Crippen molar-refractivity contribution in [2.75, 3.05) is 0 Å². The molecule has 86 valence electrons. The molecule has 1 heterocycles. The summed E-state index contributed by atoms with van der Waals surface area (Å²) in [5.74, 6) is 0. The van der Waals surface area contributed by atoms with Gasteiger partial charge in [0.05, 0.1) is 0 Å². The molecule has 1 N–H and O–H groups in total. The standard InChI is InChI=1S/C16H11NS/c1-2-6-12-11(5-1)9-14-13-7-3-4-8-16(13)18-17-10-15(12)14/h1-10,17H. The Labute approximate surface area is 110 Å². The zero-order valence-electron chi connectivity index (χ0n) is 9.68. The van der Waals surface area contributed by atoms with Gasteiger partial charge in [0.15, 0.2) is 0 Å². The first-order chi connectivity index (χ1) is 8.93. The van der Waals surface area contributed by atoms with E-state index in [-0.39, 0.29) is 0 Å². The van der Waals surface area contributed by atoms with Crippen molar-refractivity contribution in [3.05, 3.63) is 71.4 Å². The third-order valence-electron chi connectivity index (χ3n) is 3.39. The van der Waals surface area contributed by atoms with Gasteiger partial charge < -0.3 is 4.72 Å². The van der Waals surface area contributed by atoms with Crippen molar-refractivity contribution in [3.8, 4) is 0 Å². The van der Waals surface area contributed by atoms with E-state index in [9.17, 15) is 0 Å². The van der Waals surface area contributed by atoms with E-state index in [0.717, 1.165) is 0 Å². The second kappa shape index (κ2) is 3.79. The summed E-state index contributed by atoms with van der Waals surface area (Å²) in [4.78, 5) is 1.28. The van der Waals surface area contributed by atoms with Gasteiger partial charge in [-0.1, -0.05) is 42.5 Å². The third-order valence-corrected chi connectivity index (χ3v) is 4.20. The van der Waals surface area contributed by atoms with Crippen LogP contribution in [0.4, 0.5) is 0 Å². The molecule has 18 heavy (non-hydrogen) atoms. The maximum absolute atomic E-state index is 3.33. The fraction of sp³-hybridized carbons (Fsp3) is 0. The average molecular weight is 249 g/mol. The quantitative estimate of drug-likeness (QED) is 0.702. The molecule has 0 saturated carbocycles. The van der Waals surface area contributed by atoms with E-state index in [2.05, 4.69) is 65.5 Å². The van der Waals surface area contributed by atoms with E-state index in [0.29, 0.717) is 0 Å². The van der Waals surface area contributed by atoms with Crippen molar-refractivity contribution >= 4 is 29.2 Å². The summed E-state index contributed by atoms with van der Waals surface area (Å²) in [6.07, 6.45) is 4.40. The van der Waals surface area contributed by atoms with Crippen LogP contribution in [-0.2, 0) is 0 Å². The molecule has 1 aliphatic carbocycles. The zero-order chi connectivity index (χ0) is 11.9. The summed E-state index contributed by atoms with van der Waals surface area (Å²) in [6, 6.07) is 17.1. The van der Waals surface area contributed by atoms with Gasteiger partial charge in [0.1, 0.15) is 0 Å². The molecule has 2 heteroatoms. The number of hydrogen-bond donors (Lipinski definition) is 1. The van der Waals surface area contributed by atoms with Crippen molar-refractivity contribution in [1.29, 1.82) is 0 Å². The molecule has 0 spiro atoms. The van der Waals surface area contributed by atoms with E-state index in [1.165, 1.54) is 32.7 Å². The van der Waals surface area contributed by atoms with E-state index in [1.54, 1.807) is 11.9 Å². The number of benzene rings is 2. The molecule has 1 nitrogen and oxygen atoms in total. The van der Waals surface area contributed by atoms with Gasteiger partial charge in [-0.15, -0.1) is 0 Å². The highest BCUT2D eigenvalue weighted by Gasteiger charge is 2.23. The molecule has 0 saturated heterocycles. The van der Waals surface area contributed by atoms with Gasteiger partial charge in [-0.3, -0.25) is 0 Å². The Hall–Kier alpha value is -1.93. The van der Waals surface area contributed by atoms with Crippen molar-refractivity contribution in [2.45, 2.75) is 4.90 Å². The first-order valence-corrected chi connectivity index (χ1v) is 6.78. The molecule has 2 aromatic rings. The van der Waals surface area contributed by atoms with Crippen LogP contribution in [0, 0.1) is 0 Å². The van der Waals surface area contributed by atoms with Gasteiger partial charge in [-0.05, 0) is 46.4 Å². The second-order valence-corrected chi connectivity index (χ2v) is 5.30. The molecule has 0 radical (unpaired) electrons. The summed E-state index contributed by atoms with van der Waals surface area (Å²) in [5.41, 5.74) is 6.56. The molecule has 0 fully saturated rings. The zero-order valence-corrected chi connectivity index (χ0v) is 10.5. The molecular weight excluding hydrogens is 238 g/mol. The number of fused-ring (bicyclic) bond motifs is 5. The summed E-state index contributed by atoms with van der Waals surface area (Å²) in [6.45, 7) is 0. The Morgan fingerprint density at radius 1 is 0.778 bits per heavy atom. The number of hydrogen-bond acceptors (Lipinski definition) is 2. The SMILES string of the molecule is C1=C2C(=Cc3ccccc32)c2ccccc2SN1. The summed E-state index contributed by atoms with van der Waals surface area (Å²) in [7, 11) is 0. The molecule has 0 atom stereocenters. The predicted octanol–water partition coefficient (Wildman–Crippen LogP) is 4.19. The molecule has 0 bridgehead atoms. The molecule has 0 aromatic heterocycles. The van der Waals surface area contributed by atoms with E-state index < -0.39 is 0 Å². The predicted molar refractivity (Wildman–Crippen MR) is 77.7 cm³/mol. The van der Waals surface area contributed by atoms with Crippen molar-refractivity contribution in [2.24, 2.45) is 0 Å². The second-order valence-electron chi connectivity index (χ2n) is 4.42. The molecule has 1 aliphatic heterocycles. The fourth-order valence-corrected chi connectivity index (χ4v) is 3.29. The van der Waals surface area contributed by atoms with Crippen LogP contribution < -0.4 is 4.72 Å². The lowest BCUT2D eigenvalue weighted by Gasteiger charge is -2.06. The smallest absolute Gasteiger partial charge is 0.0363 e. The summed E-state index contributed by atoms with van der Waals surface area (Å²) < 4.78 is 3.33. The highest BCUT2D eigenvalue weighted by molar-refractivity contribution is 7.97. The van der Waals surface area contributed by atoms with Crippen LogP contribution in [0.25, 0.3) is 17.2 Å². The lowest BCUT2D eigenvalue weighted by Crippen LogP contribution is -1.90. The highest BCUT2D eigenvalue weighted by Crippen LogP contribution is 2.44. The van der Waals surface area contributed by atoms with Gasteiger partial charge >= 0.3 is 0 Å². The third kappa shape index (κ3) is 1.36. The normalized spacial score (nSPS) is 15.6. The van der Waals surface area contributed by atoms with Crippen LogP contribution >= 0.6 is 11.9 Å². The van der Waals surface area contributed by atoms with Gasteiger partial charge in [0.25, 0.3) is 0 Å². The van der Waals surface area contributed by atoms with E-state index in [4.69, 9.17) is 0 Å². The maximum atomic E-state index is 3.33. The number of rotatable bonds is 0. The van der Waals surface area contributed by atoms with Crippen molar-refractivity contribution in [1.82, 2.24) is 4.72 Å². The minimum atomic E-state index is 1.28. The van der Waals surface area contributed by atoms with Crippen LogP contribution in [0.1, 0.15) is 16.7 Å². The number of allylic oxidation sites excluding steroid dienone is 2. The molecule has 0 unspecified atom stereocenters. The van der Waals surface area contributed by atoms with Crippen molar-refractivity contribution in [3.63, 3.8) is 0 Å². The minimum Gasteiger partial charge on any atom is -0.332 e. The molecular formula is C16H11NS. The molecule has 0 amide bonds. The largest absolute Gasteiger partial charge is 0.332 e. The van der Waals surface area contributed by atoms with Crippen LogP contribution in [0.15, 0.2) is 59.6 Å².